The molecule has 1 saturated heterocycles. The van der Waals surface area contributed by atoms with Crippen LogP contribution in [0.5, 0.6) is 5.75 Å². The Hall–Kier alpha value is -1.22. The van der Waals surface area contributed by atoms with Gasteiger partial charge in [-0.3, -0.25) is 0 Å². The van der Waals surface area contributed by atoms with Crippen molar-refractivity contribution in [2.45, 2.75) is 25.3 Å². The van der Waals surface area contributed by atoms with E-state index in [1.165, 1.54) is 12.8 Å². The van der Waals surface area contributed by atoms with Crippen LogP contribution >= 0.6 is 23.2 Å². The second-order valence-electron chi connectivity index (χ2n) is 5.48. The number of hydrogen-bond donors (Lipinski definition) is 1. The molecule has 0 amide bonds. The Morgan fingerprint density at radius 2 is 1.86 bits per heavy atom. The fraction of sp³-hybridized carbons (Fsp3) is 0.333. The Kier molecular flexibility index (Phi) is 5.24. The highest BCUT2D eigenvalue weighted by Crippen LogP contribution is 2.35. The van der Waals surface area contributed by atoms with Crippen LogP contribution < -0.4 is 10.1 Å². The predicted octanol–water partition coefficient (Wildman–Crippen LogP) is 4.98. The highest BCUT2D eigenvalue weighted by atomic mass is 35.5. The van der Waals surface area contributed by atoms with Crippen LogP contribution in [0, 0.1) is 6.07 Å². The lowest BCUT2D eigenvalue weighted by Gasteiger charge is -2.12. The first-order valence-electron chi connectivity index (χ1n) is 7.56. The molecule has 0 bridgehead atoms. The summed E-state index contributed by atoms with van der Waals surface area (Å²) in [6, 6.07) is 14.9. The first-order chi connectivity index (χ1) is 10.7. The molecule has 0 aliphatic carbocycles. The van der Waals surface area contributed by atoms with Gasteiger partial charge >= 0.3 is 0 Å². The Morgan fingerprint density at radius 1 is 1.14 bits per heavy atom. The van der Waals surface area contributed by atoms with Crippen LogP contribution in [0.3, 0.4) is 0 Å². The minimum absolute atomic E-state index is 0.605. The second-order valence-corrected chi connectivity index (χ2v) is 6.30. The van der Waals surface area contributed by atoms with Crippen molar-refractivity contribution in [1.29, 1.82) is 0 Å². The monoisotopic (exact) mass is 334 g/mol. The number of benzene rings is 2. The molecule has 1 N–H and O–H groups in total. The summed E-state index contributed by atoms with van der Waals surface area (Å²) in [5, 5.41) is 4.68. The molecule has 1 atom stereocenters. The third-order valence-electron chi connectivity index (χ3n) is 3.94. The van der Waals surface area contributed by atoms with Crippen LogP contribution in [-0.2, 0) is 0 Å². The molecule has 1 radical (unpaired) electrons. The van der Waals surface area contributed by atoms with E-state index >= 15 is 0 Å². The van der Waals surface area contributed by atoms with Crippen LogP contribution in [-0.4, -0.2) is 19.2 Å². The summed E-state index contributed by atoms with van der Waals surface area (Å²) in [4.78, 5) is 0. The van der Waals surface area contributed by atoms with E-state index in [1.807, 2.05) is 24.3 Å². The topological polar surface area (TPSA) is 21.3 Å². The van der Waals surface area contributed by atoms with E-state index in [9.17, 15) is 0 Å². The molecule has 1 unspecified atom stereocenters. The van der Waals surface area contributed by atoms with Crippen LogP contribution in [0.1, 0.15) is 19.3 Å². The zero-order chi connectivity index (χ0) is 15.4. The largest absolute Gasteiger partial charge is 0.494 e. The zero-order valence-corrected chi connectivity index (χ0v) is 13.8. The molecule has 115 valence electrons. The third-order valence-corrected chi connectivity index (χ3v) is 4.53. The molecule has 3 rings (SSSR count). The van der Waals surface area contributed by atoms with Crippen molar-refractivity contribution in [3.05, 3.63) is 52.5 Å². The van der Waals surface area contributed by atoms with E-state index in [-0.39, 0.29) is 0 Å². The number of hydrogen-bond acceptors (Lipinski definition) is 2. The molecule has 0 saturated carbocycles. The van der Waals surface area contributed by atoms with E-state index in [1.54, 1.807) is 12.1 Å². The van der Waals surface area contributed by atoms with Gasteiger partial charge in [0.2, 0.25) is 0 Å². The summed E-state index contributed by atoms with van der Waals surface area (Å²) in [6.45, 7) is 1.87. The molecule has 1 fully saturated rings. The van der Waals surface area contributed by atoms with Crippen LogP contribution in [0.2, 0.25) is 10.0 Å². The van der Waals surface area contributed by atoms with Gasteiger partial charge in [0, 0.05) is 11.6 Å². The van der Waals surface area contributed by atoms with E-state index < -0.39 is 0 Å². The number of halogens is 2. The van der Waals surface area contributed by atoms with Gasteiger partial charge < -0.3 is 10.1 Å². The maximum absolute atomic E-state index is 6.21. The molecule has 1 aliphatic rings. The number of nitrogens with one attached hydrogen (secondary N) is 1. The summed E-state index contributed by atoms with van der Waals surface area (Å²) in [5.41, 5.74) is 1.82. The van der Waals surface area contributed by atoms with Crippen molar-refractivity contribution in [2.24, 2.45) is 0 Å². The Morgan fingerprint density at radius 3 is 2.50 bits per heavy atom. The van der Waals surface area contributed by atoms with E-state index in [0.717, 1.165) is 36.4 Å². The summed E-state index contributed by atoms with van der Waals surface area (Å²) in [5.74, 6) is 0.872. The summed E-state index contributed by atoms with van der Waals surface area (Å²) < 4.78 is 5.81. The fourth-order valence-corrected chi connectivity index (χ4v) is 3.36. The van der Waals surface area contributed by atoms with Crippen LogP contribution in [0.25, 0.3) is 11.1 Å². The van der Waals surface area contributed by atoms with Crippen LogP contribution in [0.4, 0.5) is 0 Å². The molecule has 2 aromatic carbocycles. The van der Waals surface area contributed by atoms with Crippen molar-refractivity contribution in [3.63, 3.8) is 0 Å². The maximum atomic E-state index is 6.21. The molecule has 1 heterocycles. The lowest BCUT2D eigenvalue weighted by molar-refractivity contribution is 0.292. The highest BCUT2D eigenvalue weighted by molar-refractivity contribution is 6.39. The molecule has 0 aromatic heterocycles. The van der Waals surface area contributed by atoms with Crippen molar-refractivity contribution < 1.29 is 4.74 Å². The molecule has 22 heavy (non-hydrogen) atoms. The highest BCUT2D eigenvalue weighted by Gasteiger charge is 2.13. The molecule has 2 nitrogen and oxygen atoms in total. The van der Waals surface area contributed by atoms with Gasteiger partial charge in [-0.15, -0.1) is 0 Å². The number of ether oxygens (including phenoxy) is 1. The summed E-state index contributed by atoms with van der Waals surface area (Å²) in [6.07, 6.45) is 3.58. The predicted molar refractivity (Wildman–Crippen MR) is 91.9 cm³/mol. The average molecular weight is 335 g/mol. The van der Waals surface area contributed by atoms with Gasteiger partial charge in [-0.2, -0.15) is 0 Å². The minimum atomic E-state index is 0.605. The van der Waals surface area contributed by atoms with Crippen molar-refractivity contribution in [2.75, 3.05) is 13.2 Å². The molecular weight excluding hydrogens is 317 g/mol. The zero-order valence-electron chi connectivity index (χ0n) is 12.2. The Bertz CT molecular complexity index is 601. The SMILES string of the molecule is Clc1c[c]cc(Cl)c1-c1ccc(OCCC2CCCN2)cc1. The van der Waals surface area contributed by atoms with Crippen molar-refractivity contribution >= 4 is 23.2 Å². The third kappa shape index (κ3) is 3.75. The van der Waals surface area contributed by atoms with Crippen molar-refractivity contribution in [1.82, 2.24) is 5.32 Å². The average Bonchev–Trinajstić information content (AvgIpc) is 3.02. The molecular formula is C18H18Cl2NO. The van der Waals surface area contributed by atoms with Gasteiger partial charge in [-0.1, -0.05) is 35.3 Å². The van der Waals surface area contributed by atoms with E-state index in [0.29, 0.717) is 16.1 Å². The van der Waals surface area contributed by atoms with Gasteiger partial charge in [-0.25, -0.2) is 0 Å². The van der Waals surface area contributed by atoms with Gasteiger partial charge in [0.1, 0.15) is 5.75 Å². The Balaban J connectivity index is 1.62. The van der Waals surface area contributed by atoms with Crippen LogP contribution in [0.15, 0.2) is 36.4 Å². The normalized spacial score (nSPS) is 17.6. The lowest BCUT2D eigenvalue weighted by Crippen LogP contribution is -2.23. The van der Waals surface area contributed by atoms with Gasteiger partial charge in [0.05, 0.1) is 16.7 Å². The maximum Gasteiger partial charge on any atom is 0.119 e. The van der Waals surface area contributed by atoms with Gasteiger partial charge in [0.15, 0.2) is 0 Å². The second kappa shape index (κ2) is 7.36. The minimum Gasteiger partial charge on any atom is -0.494 e. The summed E-state index contributed by atoms with van der Waals surface area (Å²) >= 11 is 12.4. The first-order valence-corrected chi connectivity index (χ1v) is 8.31. The van der Waals surface area contributed by atoms with E-state index in [4.69, 9.17) is 27.9 Å². The molecule has 2 aromatic rings. The fourth-order valence-electron chi connectivity index (χ4n) is 2.76. The van der Waals surface area contributed by atoms with E-state index in [2.05, 4.69) is 11.4 Å². The molecule has 1 aliphatic heterocycles. The first kappa shape index (κ1) is 15.7. The smallest absolute Gasteiger partial charge is 0.119 e. The van der Waals surface area contributed by atoms with Crippen molar-refractivity contribution in [3.8, 4) is 16.9 Å². The lowest BCUT2D eigenvalue weighted by atomic mass is 10.1. The van der Waals surface area contributed by atoms with Gasteiger partial charge in [-0.05, 0) is 61.7 Å². The standard InChI is InChI=1S/C18H18Cl2NO/c19-16-4-1-5-17(20)18(16)13-6-8-15(9-7-13)22-12-10-14-3-2-11-21-14/h4-9,14,21H,2-3,10-12H2. The molecule has 0 spiro atoms. The Labute approximate surface area is 141 Å². The summed E-state index contributed by atoms with van der Waals surface area (Å²) in [7, 11) is 0. The number of rotatable bonds is 5. The molecule has 4 heteroatoms. The van der Waals surface area contributed by atoms with Gasteiger partial charge in [0.25, 0.3) is 0 Å². The quantitative estimate of drug-likeness (QED) is 0.832.